The standard InChI is InChI=1S/C4F9O.Cu/c5-2(6,7)1(14,3(8,9)10)4(11,12)13;/q-1;+1. The molecule has 0 fully saturated rings. The first-order chi connectivity index (χ1) is 6.31. The van der Waals surface area contributed by atoms with Crippen LogP contribution in [-0.4, -0.2) is 24.1 Å². The van der Waals surface area contributed by atoms with Crippen LogP contribution in [0, 0.1) is 0 Å². The summed E-state index contributed by atoms with van der Waals surface area (Å²) in [5.41, 5.74) is -6.34. The summed E-state index contributed by atoms with van der Waals surface area (Å²) in [6.07, 6.45) is -20.2. The van der Waals surface area contributed by atoms with Gasteiger partial charge >= 0.3 is 83.8 Å². The molecular formula is C4CuF9O. The van der Waals surface area contributed by atoms with Gasteiger partial charge in [0, 0.05) is 0 Å². The molecule has 0 amide bonds. The van der Waals surface area contributed by atoms with E-state index in [1.165, 1.54) is 0 Å². The predicted molar refractivity (Wildman–Crippen MR) is 22.0 cm³/mol. The first-order valence-corrected chi connectivity index (χ1v) is 3.16. The van der Waals surface area contributed by atoms with Gasteiger partial charge in [0.1, 0.15) is 0 Å². The molecule has 0 aromatic carbocycles. The molecule has 0 radical (unpaired) electrons. The van der Waals surface area contributed by atoms with E-state index >= 15 is 0 Å². The summed E-state index contributed by atoms with van der Waals surface area (Å²) in [5, 5.41) is 0. The molecule has 0 bridgehead atoms. The topological polar surface area (TPSA) is 9.23 Å². The molecule has 15 heavy (non-hydrogen) atoms. The molecule has 0 heterocycles. The van der Waals surface area contributed by atoms with Crippen LogP contribution in [0.1, 0.15) is 0 Å². The second kappa shape index (κ2) is 3.70. The van der Waals surface area contributed by atoms with Gasteiger partial charge in [0.2, 0.25) is 0 Å². The SMILES string of the molecule is FC(F)(F)C([O][Cu])(C(F)(F)F)C(F)(F)F. The molecule has 0 aliphatic carbocycles. The van der Waals surface area contributed by atoms with E-state index in [2.05, 4.69) is 20.2 Å². The van der Waals surface area contributed by atoms with Crippen LogP contribution in [0.25, 0.3) is 0 Å². The van der Waals surface area contributed by atoms with Gasteiger partial charge in [-0.25, -0.2) is 0 Å². The third-order valence-electron chi connectivity index (χ3n) is 1.29. The molecule has 0 aromatic heterocycles. The van der Waals surface area contributed by atoms with E-state index < -0.39 is 24.1 Å². The molecule has 96 valence electrons. The Kier molecular flexibility index (Phi) is 3.67. The Morgan fingerprint density at radius 1 is 0.600 bits per heavy atom. The van der Waals surface area contributed by atoms with Crippen molar-refractivity contribution in [3.05, 3.63) is 0 Å². The average molecular weight is 299 g/mol. The van der Waals surface area contributed by atoms with Crippen LogP contribution in [0.5, 0.6) is 0 Å². The Bertz CT molecular complexity index is 188. The quantitative estimate of drug-likeness (QED) is 0.534. The van der Waals surface area contributed by atoms with Crippen molar-refractivity contribution >= 4 is 0 Å². The minimum atomic E-state index is -6.75. The van der Waals surface area contributed by atoms with Crippen LogP contribution in [0.15, 0.2) is 0 Å². The van der Waals surface area contributed by atoms with Gasteiger partial charge in [0.25, 0.3) is 0 Å². The summed E-state index contributed by atoms with van der Waals surface area (Å²) >= 11 is 3.03. The third-order valence-corrected chi connectivity index (χ3v) is 1.58. The van der Waals surface area contributed by atoms with Gasteiger partial charge in [-0.05, 0) is 0 Å². The zero-order chi connectivity index (χ0) is 12.7. The van der Waals surface area contributed by atoms with Crippen molar-refractivity contribution in [2.45, 2.75) is 24.1 Å². The van der Waals surface area contributed by atoms with Gasteiger partial charge in [-0.3, -0.25) is 0 Å². The van der Waals surface area contributed by atoms with Crippen LogP contribution in [0.3, 0.4) is 0 Å². The van der Waals surface area contributed by atoms with E-state index in [-0.39, 0.29) is 0 Å². The van der Waals surface area contributed by atoms with E-state index in [0.717, 1.165) is 0 Å². The molecule has 1 nitrogen and oxygen atoms in total. The summed E-state index contributed by atoms with van der Waals surface area (Å²) in [5.74, 6) is 0. The third kappa shape index (κ3) is 2.18. The average Bonchev–Trinajstić information content (AvgIpc) is 1.76. The summed E-state index contributed by atoms with van der Waals surface area (Å²) in [4.78, 5) is 0. The fourth-order valence-corrected chi connectivity index (χ4v) is 0.914. The van der Waals surface area contributed by atoms with Crippen molar-refractivity contribution in [1.82, 2.24) is 0 Å². The van der Waals surface area contributed by atoms with Gasteiger partial charge in [-0.1, -0.05) is 0 Å². The first-order valence-electron chi connectivity index (χ1n) is 2.78. The first kappa shape index (κ1) is 14.8. The second-order valence-corrected chi connectivity index (χ2v) is 2.43. The summed E-state index contributed by atoms with van der Waals surface area (Å²) in [7, 11) is 0. The van der Waals surface area contributed by atoms with Crippen molar-refractivity contribution < 1.29 is 59.7 Å². The summed E-state index contributed by atoms with van der Waals surface area (Å²) in [6, 6.07) is 0. The normalized spacial score (nSPS) is 15.7. The number of halogens is 9. The molecule has 0 N–H and O–H groups in total. The van der Waals surface area contributed by atoms with Crippen molar-refractivity contribution in [3.63, 3.8) is 0 Å². The summed E-state index contributed by atoms with van der Waals surface area (Å²) in [6.45, 7) is 0. The summed E-state index contributed by atoms with van der Waals surface area (Å²) < 4.78 is 108. The maximum absolute atomic E-state index is 11.7. The van der Waals surface area contributed by atoms with Gasteiger partial charge in [-0.15, -0.1) is 0 Å². The van der Waals surface area contributed by atoms with Crippen molar-refractivity contribution in [1.29, 1.82) is 0 Å². The molecule has 0 rings (SSSR count). The van der Waals surface area contributed by atoms with Gasteiger partial charge in [0.05, 0.1) is 0 Å². The molecule has 0 saturated carbocycles. The number of hydrogen-bond donors (Lipinski definition) is 0. The predicted octanol–water partition coefficient (Wildman–Crippen LogP) is 2.89. The van der Waals surface area contributed by atoms with Gasteiger partial charge in [0.15, 0.2) is 0 Å². The number of hydrogen-bond acceptors (Lipinski definition) is 1. The fourth-order valence-electron chi connectivity index (χ4n) is 0.587. The Morgan fingerprint density at radius 3 is 0.800 bits per heavy atom. The molecule has 0 saturated heterocycles. The van der Waals surface area contributed by atoms with Gasteiger partial charge < -0.3 is 0 Å². The molecule has 11 heteroatoms. The Labute approximate surface area is 84.7 Å². The van der Waals surface area contributed by atoms with E-state index in [1.54, 1.807) is 0 Å². The zero-order valence-electron chi connectivity index (χ0n) is 6.11. The van der Waals surface area contributed by atoms with Crippen LogP contribution in [0.2, 0.25) is 0 Å². The van der Waals surface area contributed by atoms with Crippen molar-refractivity contribution in [3.8, 4) is 0 Å². The molecular weight excluding hydrogens is 299 g/mol. The van der Waals surface area contributed by atoms with Crippen molar-refractivity contribution in [2.75, 3.05) is 0 Å². The molecule has 0 aliphatic rings. The second-order valence-electron chi connectivity index (χ2n) is 2.24. The number of rotatable bonds is 1. The Morgan fingerprint density at radius 2 is 0.800 bits per heavy atom. The van der Waals surface area contributed by atoms with Gasteiger partial charge in [-0.2, -0.15) is 0 Å². The molecule has 0 aliphatic heterocycles. The number of alkyl halides is 9. The van der Waals surface area contributed by atoms with Crippen LogP contribution in [-0.2, 0) is 20.2 Å². The Hall–Kier alpha value is -0.151. The molecule has 0 spiro atoms. The Balaban J connectivity index is 5.78. The minimum absolute atomic E-state index is 2.22. The van der Waals surface area contributed by atoms with Crippen LogP contribution in [0.4, 0.5) is 39.5 Å². The van der Waals surface area contributed by atoms with E-state index in [4.69, 9.17) is 0 Å². The van der Waals surface area contributed by atoms with Crippen LogP contribution < -0.4 is 0 Å². The molecule has 0 aromatic rings. The molecule has 0 atom stereocenters. The maximum atomic E-state index is 11.7. The zero-order valence-corrected chi connectivity index (χ0v) is 7.05. The monoisotopic (exact) mass is 298 g/mol. The fraction of sp³-hybridized carbons (Fsp3) is 1.00. The van der Waals surface area contributed by atoms with E-state index in [0.29, 0.717) is 0 Å². The van der Waals surface area contributed by atoms with Crippen LogP contribution >= 0.6 is 0 Å². The van der Waals surface area contributed by atoms with Crippen molar-refractivity contribution in [2.24, 2.45) is 0 Å². The van der Waals surface area contributed by atoms with E-state index in [1.807, 2.05) is 0 Å². The van der Waals surface area contributed by atoms with E-state index in [9.17, 15) is 39.5 Å². The molecule has 0 unspecified atom stereocenters.